The van der Waals surface area contributed by atoms with E-state index in [4.69, 9.17) is 10.5 Å². The van der Waals surface area contributed by atoms with E-state index < -0.39 is 0 Å². The number of nitrogens with one attached hydrogen (secondary N) is 1. The van der Waals surface area contributed by atoms with Gasteiger partial charge in [-0.05, 0) is 25.7 Å². The highest BCUT2D eigenvalue weighted by atomic mass is 16.5. The summed E-state index contributed by atoms with van der Waals surface area (Å²) >= 11 is 0. The topological polar surface area (TPSA) is 64.4 Å². The molecule has 1 amide bonds. The summed E-state index contributed by atoms with van der Waals surface area (Å²) in [5.74, 6) is -0.303. The van der Waals surface area contributed by atoms with Gasteiger partial charge in [-0.15, -0.1) is 0 Å². The second-order valence-corrected chi connectivity index (χ2v) is 3.97. The Hall–Kier alpha value is -0.610. The van der Waals surface area contributed by atoms with E-state index in [2.05, 4.69) is 5.32 Å². The van der Waals surface area contributed by atoms with Crippen LogP contribution >= 0.6 is 0 Å². The van der Waals surface area contributed by atoms with Crippen molar-refractivity contribution in [3.05, 3.63) is 0 Å². The van der Waals surface area contributed by atoms with E-state index >= 15 is 0 Å². The number of rotatable bonds is 1. The maximum Gasteiger partial charge on any atom is 0.237 e. The molecule has 0 aromatic heterocycles. The van der Waals surface area contributed by atoms with Crippen LogP contribution < -0.4 is 11.1 Å². The molecule has 4 nitrogen and oxygen atoms in total. The molecule has 74 valence electrons. The Bertz CT molecular complexity index is 212. The minimum atomic E-state index is -0.303. The first-order valence-electron chi connectivity index (χ1n) is 4.93. The van der Waals surface area contributed by atoms with Crippen molar-refractivity contribution in [3.63, 3.8) is 0 Å². The molecule has 0 aromatic rings. The Morgan fingerprint density at radius 1 is 1.38 bits per heavy atom. The van der Waals surface area contributed by atoms with Gasteiger partial charge in [0.2, 0.25) is 5.91 Å². The molecule has 0 radical (unpaired) electrons. The minimum Gasteiger partial charge on any atom is -0.368 e. The fourth-order valence-corrected chi connectivity index (χ4v) is 2.21. The van der Waals surface area contributed by atoms with Gasteiger partial charge in [0.1, 0.15) is 11.8 Å². The summed E-state index contributed by atoms with van der Waals surface area (Å²) in [5, 5.41) is 3.21. The molecule has 1 aliphatic carbocycles. The Labute approximate surface area is 77.8 Å². The number of carbonyl (C=O) groups is 1. The highest BCUT2D eigenvalue weighted by molar-refractivity contribution is 5.80. The van der Waals surface area contributed by atoms with Crippen LogP contribution in [0.25, 0.3) is 0 Å². The number of ether oxygens (including phenoxy) is 1. The van der Waals surface area contributed by atoms with E-state index in [-0.39, 0.29) is 17.7 Å². The van der Waals surface area contributed by atoms with E-state index in [1.54, 1.807) is 0 Å². The molecule has 1 heterocycles. The normalized spacial score (nSPS) is 32.2. The third-order valence-electron chi connectivity index (χ3n) is 2.97. The lowest BCUT2D eigenvalue weighted by molar-refractivity contribution is -0.119. The summed E-state index contributed by atoms with van der Waals surface area (Å²) < 4.78 is 5.64. The summed E-state index contributed by atoms with van der Waals surface area (Å²) in [7, 11) is 0. The SMILES string of the molecule is NC(=O)C1COC2(CCCCC2)N1. The molecule has 1 spiro atoms. The molecular weight excluding hydrogens is 168 g/mol. The molecule has 3 N–H and O–H groups in total. The van der Waals surface area contributed by atoms with Crippen molar-refractivity contribution in [1.29, 1.82) is 0 Å². The van der Waals surface area contributed by atoms with Crippen LogP contribution in [0.5, 0.6) is 0 Å². The number of primary amides is 1. The molecule has 1 saturated heterocycles. The second kappa shape index (κ2) is 3.27. The van der Waals surface area contributed by atoms with Crippen molar-refractivity contribution >= 4 is 5.91 Å². The predicted molar refractivity (Wildman–Crippen MR) is 47.9 cm³/mol. The van der Waals surface area contributed by atoms with Gasteiger partial charge in [0.05, 0.1) is 6.61 Å². The van der Waals surface area contributed by atoms with Crippen LogP contribution in [0.3, 0.4) is 0 Å². The van der Waals surface area contributed by atoms with Crippen LogP contribution in [0.4, 0.5) is 0 Å². The van der Waals surface area contributed by atoms with E-state index in [9.17, 15) is 4.79 Å². The predicted octanol–water partition coefficient (Wildman–Crippen LogP) is 0.120. The number of hydrogen-bond acceptors (Lipinski definition) is 3. The number of hydrogen-bond donors (Lipinski definition) is 2. The first-order chi connectivity index (χ1) is 6.22. The maximum absolute atomic E-state index is 10.9. The standard InChI is InChI=1S/C9H16N2O2/c10-8(12)7-6-13-9(11-7)4-2-1-3-5-9/h7,11H,1-6H2,(H2,10,12). The van der Waals surface area contributed by atoms with Crippen molar-refractivity contribution in [2.24, 2.45) is 5.73 Å². The molecule has 1 saturated carbocycles. The largest absolute Gasteiger partial charge is 0.368 e. The smallest absolute Gasteiger partial charge is 0.237 e. The number of nitrogens with two attached hydrogens (primary N) is 1. The third kappa shape index (κ3) is 1.69. The zero-order chi connectivity index (χ0) is 9.31. The molecule has 4 heteroatoms. The molecule has 1 aliphatic heterocycles. The van der Waals surface area contributed by atoms with Gasteiger partial charge in [0.25, 0.3) is 0 Å². The van der Waals surface area contributed by atoms with Crippen LogP contribution in [0.15, 0.2) is 0 Å². The summed E-state index contributed by atoms with van der Waals surface area (Å²) in [6.45, 7) is 0.440. The van der Waals surface area contributed by atoms with Crippen molar-refractivity contribution in [2.75, 3.05) is 6.61 Å². The molecule has 1 unspecified atom stereocenters. The van der Waals surface area contributed by atoms with E-state index in [1.165, 1.54) is 19.3 Å². The van der Waals surface area contributed by atoms with E-state index in [0.717, 1.165) is 12.8 Å². The fourth-order valence-electron chi connectivity index (χ4n) is 2.21. The van der Waals surface area contributed by atoms with Crippen molar-refractivity contribution in [2.45, 2.75) is 43.9 Å². The van der Waals surface area contributed by atoms with Crippen LogP contribution in [0, 0.1) is 0 Å². The Kier molecular flexibility index (Phi) is 2.26. The molecular formula is C9H16N2O2. The van der Waals surface area contributed by atoms with Gasteiger partial charge in [-0.3, -0.25) is 10.1 Å². The third-order valence-corrected chi connectivity index (χ3v) is 2.97. The van der Waals surface area contributed by atoms with Gasteiger partial charge in [-0.25, -0.2) is 0 Å². The highest BCUT2D eigenvalue weighted by Crippen LogP contribution is 2.32. The van der Waals surface area contributed by atoms with Gasteiger partial charge >= 0.3 is 0 Å². The quantitative estimate of drug-likeness (QED) is 0.608. The lowest BCUT2D eigenvalue weighted by Gasteiger charge is -2.32. The van der Waals surface area contributed by atoms with E-state index in [0.29, 0.717) is 6.61 Å². The summed E-state index contributed by atoms with van der Waals surface area (Å²) in [6, 6.07) is -0.280. The van der Waals surface area contributed by atoms with Crippen LogP contribution in [-0.4, -0.2) is 24.3 Å². The van der Waals surface area contributed by atoms with Crippen molar-refractivity contribution < 1.29 is 9.53 Å². The Morgan fingerprint density at radius 3 is 2.62 bits per heavy atom. The van der Waals surface area contributed by atoms with Crippen LogP contribution in [0.2, 0.25) is 0 Å². The molecule has 0 aromatic carbocycles. The maximum atomic E-state index is 10.9. The zero-order valence-electron chi connectivity index (χ0n) is 7.71. The van der Waals surface area contributed by atoms with Crippen molar-refractivity contribution in [1.82, 2.24) is 5.32 Å². The van der Waals surface area contributed by atoms with Crippen molar-refractivity contribution in [3.8, 4) is 0 Å². The Balaban J connectivity index is 1.98. The minimum absolute atomic E-state index is 0.224. The molecule has 2 fully saturated rings. The monoisotopic (exact) mass is 184 g/mol. The highest BCUT2D eigenvalue weighted by Gasteiger charge is 2.42. The lowest BCUT2D eigenvalue weighted by Crippen LogP contribution is -2.49. The zero-order valence-corrected chi connectivity index (χ0v) is 7.71. The average Bonchev–Trinajstić information content (AvgIpc) is 2.51. The van der Waals surface area contributed by atoms with E-state index in [1.807, 2.05) is 0 Å². The summed E-state index contributed by atoms with van der Waals surface area (Å²) in [5.41, 5.74) is 4.98. The van der Waals surface area contributed by atoms with Crippen LogP contribution in [0.1, 0.15) is 32.1 Å². The Morgan fingerprint density at radius 2 is 2.08 bits per heavy atom. The molecule has 13 heavy (non-hydrogen) atoms. The lowest BCUT2D eigenvalue weighted by atomic mass is 9.92. The first-order valence-corrected chi connectivity index (χ1v) is 4.93. The number of carbonyl (C=O) groups excluding carboxylic acids is 1. The van der Waals surface area contributed by atoms with Gasteiger partial charge in [-0.1, -0.05) is 6.42 Å². The molecule has 2 rings (SSSR count). The summed E-state index contributed by atoms with van der Waals surface area (Å²) in [4.78, 5) is 10.9. The van der Waals surface area contributed by atoms with Gasteiger partial charge in [-0.2, -0.15) is 0 Å². The second-order valence-electron chi connectivity index (χ2n) is 3.97. The summed E-state index contributed by atoms with van der Waals surface area (Å²) in [6.07, 6.45) is 5.65. The molecule has 0 bridgehead atoms. The fraction of sp³-hybridized carbons (Fsp3) is 0.889. The van der Waals surface area contributed by atoms with Gasteiger partial charge < -0.3 is 10.5 Å². The van der Waals surface area contributed by atoms with Gasteiger partial charge in [0.15, 0.2) is 0 Å². The number of amides is 1. The average molecular weight is 184 g/mol. The van der Waals surface area contributed by atoms with Crippen LogP contribution in [-0.2, 0) is 9.53 Å². The first kappa shape index (κ1) is 8.97. The molecule has 2 aliphatic rings. The van der Waals surface area contributed by atoms with Gasteiger partial charge in [0, 0.05) is 0 Å². The molecule has 1 atom stereocenters.